The Morgan fingerprint density at radius 2 is 0.774 bits per heavy atom. The Balaban J connectivity index is 2.35. The van der Waals surface area contributed by atoms with Gasteiger partial charge >= 0.3 is 7.60 Å². The van der Waals surface area contributed by atoms with E-state index >= 15 is 0 Å². The molecular weight excluding hydrogens is 671 g/mol. The molecule has 1 aromatic carbocycles. The third kappa shape index (κ3) is 27.4. The summed E-state index contributed by atoms with van der Waals surface area (Å²) in [5.41, 5.74) is 2.69. The second-order valence-corrected chi connectivity index (χ2v) is 19.6. The SMILES string of the molecule is CCCCCCCCCCCCCCCCCCOP(=O)(Cc1ccc(O)c(C)c1C(C)(C)C)OCCCCCCCCCCCCCCCCCC. The molecule has 0 spiro atoms. The minimum atomic E-state index is -3.33. The number of rotatable bonds is 38. The van der Waals surface area contributed by atoms with Crippen molar-refractivity contribution < 1.29 is 18.7 Å². The number of phenols is 1. The van der Waals surface area contributed by atoms with Crippen molar-refractivity contribution in [1.82, 2.24) is 0 Å². The van der Waals surface area contributed by atoms with Gasteiger partial charge in [0.1, 0.15) is 5.75 Å². The average molecular weight is 763 g/mol. The summed E-state index contributed by atoms with van der Waals surface area (Å²) in [6, 6.07) is 3.65. The van der Waals surface area contributed by atoms with Gasteiger partial charge in [-0.3, -0.25) is 4.57 Å². The Bertz CT molecular complexity index is 974. The van der Waals surface area contributed by atoms with E-state index < -0.39 is 7.60 Å². The molecule has 0 aliphatic heterocycles. The van der Waals surface area contributed by atoms with Gasteiger partial charge in [0, 0.05) is 0 Å². The summed E-state index contributed by atoms with van der Waals surface area (Å²) in [5, 5.41) is 10.5. The standard InChI is InChI=1S/C48H91O4P/c1-7-9-11-13-15-17-19-21-23-25-27-29-31-33-35-37-41-51-53(50,43-45-39-40-46(49)44(3)47(45)48(4,5)6)52-42-38-36-34-32-30-28-26-24-22-20-18-16-14-12-10-8-2/h39-40,49H,7-38,41-43H2,1-6H3. The number of hydrogen-bond acceptors (Lipinski definition) is 4. The van der Waals surface area contributed by atoms with Gasteiger partial charge in [-0.1, -0.05) is 233 Å². The van der Waals surface area contributed by atoms with Crippen molar-refractivity contribution in [2.45, 2.75) is 259 Å². The highest BCUT2D eigenvalue weighted by Crippen LogP contribution is 2.53. The molecule has 312 valence electrons. The second kappa shape index (κ2) is 33.3. The molecule has 0 bridgehead atoms. The van der Waals surface area contributed by atoms with Crippen LogP contribution in [0.15, 0.2) is 12.1 Å². The molecule has 0 radical (unpaired) electrons. The molecule has 1 aromatic rings. The number of unbranched alkanes of at least 4 members (excludes halogenated alkanes) is 30. The smallest absolute Gasteiger partial charge is 0.335 e. The first kappa shape index (κ1) is 50.2. The van der Waals surface area contributed by atoms with Crippen LogP contribution in [0.4, 0.5) is 0 Å². The number of hydrogen-bond donors (Lipinski definition) is 1. The van der Waals surface area contributed by atoms with Crippen LogP contribution in [0.5, 0.6) is 5.75 Å². The van der Waals surface area contributed by atoms with E-state index in [0.717, 1.165) is 42.4 Å². The lowest BCUT2D eigenvalue weighted by Gasteiger charge is -2.28. The highest BCUT2D eigenvalue weighted by molar-refractivity contribution is 7.53. The van der Waals surface area contributed by atoms with Crippen LogP contribution in [0.2, 0.25) is 0 Å². The lowest BCUT2D eigenvalue weighted by Crippen LogP contribution is -2.17. The molecule has 0 aliphatic rings. The molecule has 0 saturated carbocycles. The largest absolute Gasteiger partial charge is 0.508 e. The normalized spacial score (nSPS) is 12.3. The fourth-order valence-corrected chi connectivity index (χ4v) is 9.73. The molecule has 0 heterocycles. The summed E-state index contributed by atoms with van der Waals surface area (Å²) < 4.78 is 26.7. The third-order valence-electron chi connectivity index (χ3n) is 11.2. The van der Waals surface area contributed by atoms with Gasteiger partial charge in [-0.25, -0.2) is 0 Å². The summed E-state index contributed by atoms with van der Waals surface area (Å²) in [7, 11) is -3.33. The third-order valence-corrected chi connectivity index (χ3v) is 13.1. The lowest BCUT2D eigenvalue weighted by atomic mass is 9.81. The van der Waals surface area contributed by atoms with Gasteiger partial charge in [0.05, 0.1) is 19.4 Å². The molecule has 4 nitrogen and oxygen atoms in total. The number of benzene rings is 1. The zero-order chi connectivity index (χ0) is 38.9. The predicted molar refractivity (Wildman–Crippen MR) is 234 cm³/mol. The van der Waals surface area contributed by atoms with Gasteiger partial charge in [-0.2, -0.15) is 0 Å². The first-order chi connectivity index (χ1) is 25.6. The quantitative estimate of drug-likeness (QED) is 0.0538. The maximum Gasteiger partial charge on any atom is 0.335 e. The Morgan fingerprint density at radius 3 is 1.06 bits per heavy atom. The van der Waals surface area contributed by atoms with E-state index in [9.17, 15) is 9.67 Å². The molecule has 5 heteroatoms. The Morgan fingerprint density at radius 1 is 0.491 bits per heavy atom. The Hall–Kier alpha value is -0.830. The van der Waals surface area contributed by atoms with Gasteiger partial charge in [0.2, 0.25) is 0 Å². The maximum absolute atomic E-state index is 14.3. The fourth-order valence-electron chi connectivity index (χ4n) is 7.98. The Labute approximate surface area is 331 Å². The molecule has 0 saturated heterocycles. The van der Waals surface area contributed by atoms with Crippen molar-refractivity contribution in [3.8, 4) is 5.75 Å². The molecule has 0 atom stereocenters. The van der Waals surface area contributed by atoms with E-state index in [-0.39, 0.29) is 17.3 Å². The van der Waals surface area contributed by atoms with Gasteiger partial charge in [-0.05, 0) is 47.9 Å². The van der Waals surface area contributed by atoms with Crippen molar-refractivity contribution >= 4 is 7.60 Å². The van der Waals surface area contributed by atoms with E-state index in [4.69, 9.17) is 9.05 Å². The average Bonchev–Trinajstić information content (AvgIpc) is 3.12. The van der Waals surface area contributed by atoms with E-state index in [1.54, 1.807) is 6.07 Å². The molecule has 0 aliphatic carbocycles. The van der Waals surface area contributed by atoms with Gasteiger partial charge in [0.15, 0.2) is 0 Å². The molecular formula is C48H91O4P. The van der Waals surface area contributed by atoms with Crippen LogP contribution in [0.1, 0.15) is 257 Å². The van der Waals surface area contributed by atoms with E-state index in [2.05, 4.69) is 34.6 Å². The first-order valence-electron chi connectivity index (χ1n) is 23.3. The highest BCUT2D eigenvalue weighted by Gasteiger charge is 2.30. The summed E-state index contributed by atoms with van der Waals surface area (Å²) in [6.07, 6.45) is 42.8. The zero-order valence-electron chi connectivity index (χ0n) is 36.5. The van der Waals surface area contributed by atoms with Crippen LogP contribution in [0.25, 0.3) is 0 Å². The lowest BCUT2D eigenvalue weighted by molar-refractivity contribution is 0.196. The van der Waals surface area contributed by atoms with Gasteiger partial charge < -0.3 is 14.2 Å². The van der Waals surface area contributed by atoms with Crippen LogP contribution >= 0.6 is 7.60 Å². The number of phenolic OH excluding ortho intramolecular Hbond substituents is 1. The molecule has 0 fully saturated rings. The zero-order valence-corrected chi connectivity index (χ0v) is 37.4. The molecule has 0 unspecified atom stereocenters. The van der Waals surface area contributed by atoms with Crippen molar-refractivity contribution in [3.05, 3.63) is 28.8 Å². The van der Waals surface area contributed by atoms with Crippen molar-refractivity contribution in [2.24, 2.45) is 0 Å². The number of aromatic hydroxyl groups is 1. The predicted octanol–water partition coefficient (Wildman–Crippen LogP) is 17.2. The molecule has 1 rings (SSSR count). The fraction of sp³-hybridized carbons (Fsp3) is 0.875. The molecule has 0 aromatic heterocycles. The van der Waals surface area contributed by atoms with E-state index in [0.29, 0.717) is 13.2 Å². The topological polar surface area (TPSA) is 55.8 Å². The van der Waals surface area contributed by atoms with Crippen molar-refractivity contribution in [3.63, 3.8) is 0 Å². The summed E-state index contributed by atoms with van der Waals surface area (Å²) >= 11 is 0. The molecule has 53 heavy (non-hydrogen) atoms. The van der Waals surface area contributed by atoms with E-state index in [1.807, 2.05) is 13.0 Å². The van der Waals surface area contributed by atoms with Crippen molar-refractivity contribution in [2.75, 3.05) is 13.2 Å². The van der Waals surface area contributed by atoms with Crippen LogP contribution in [0.3, 0.4) is 0 Å². The monoisotopic (exact) mass is 763 g/mol. The van der Waals surface area contributed by atoms with Crippen LogP contribution in [-0.2, 0) is 25.2 Å². The van der Waals surface area contributed by atoms with Gasteiger partial charge in [-0.15, -0.1) is 0 Å². The van der Waals surface area contributed by atoms with Crippen LogP contribution in [0, 0.1) is 6.92 Å². The van der Waals surface area contributed by atoms with E-state index in [1.165, 1.54) is 180 Å². The highest BCUT2D eigenvalue weighted by atomic mass is 31.2. The second-order valence-electron chi connectivity index (χ2n) is 17.5. The molecule has 0 amide bonds. The van der Waals surface area contributed by atoms with Gasteiger partial charge in [0.25, 0.3) is 0 Å². The minimum Gasteiger partial charge on any atom is -0.508 e. The Kier molecular flexibility index (Phi) is 31.6. The molecule has 1 N–H and O–H groups in total. The van der Waals surface area contributed by atoms with Crippen LogP contribution < -0.4 is 0 Å². The van der Waals surface area contributed by atoms with Crippen molar-refractivity contribution in [1.29, 1.82) is 0 Å². The maximum atomic E-state index is 14.3. The minimum absolute atomic E-state index is 0.190. The summed E-state index contributed by atoms with van der Waals surface area (Å²) in [4.78, 5) is 0. The first-order valence-corrected chi connectivity index (χ1v) is 25.1. The summed E-state index contributed by atoms with van der Waals surface area (Å²) in [5.74, 6) is 0.289. The summed E-state index contributed by atoms with van der Waals surface area (Å²) in [6.45, 7) is 14.0. The van der Waals surface area contributed by atoms with Crippen LogP contribution in [-0.4, -0.2) is 18.3 Å².